The molecule has 0 N–H and O–H groups in total. The minimum absolute atomic E-state index is 0.0876. The van der Waals surface area contributed by atoms with Crippen molar-refractivity contribution in [2.45, 2.75) is 57.0 Å². The van der Waals surface area contributed by atoms with Crippen LogP contribution in [0, 0.1) is 0 Å². The van der Waals surface area contributed by atoms with Crippen LogP contribution in [0.2, 0.25) is 0 Å². The van der Waals surface area contributed by atoms with Crippen LogP contribution in [0.15, 0.2) is 30.5 Å². The van der Waals surface area contributed by atoms with E-state index in [1.807, 2.05) is 0 Å². The number of para-hydroxylation sites is 1. The van der Waals surface area contributed by atoms with E-state index in [0.29, 0.717) is 24.3 Å². The number of hydrogen-bond donors (Lipinski definition) is 0. The van der Waals surface area contributed by atoms with E-state index in [1.54, 1.807) is 0 Å². The number of alkyl halides is 6. The van der Waals surface area contributed by atoms with E-state index in [2.05, 4.69) is 25.1 Å². The monoisotopic (exact) mass is 512 g/mol. The van der Waals surface area contributed by atoms with E-state index >= 15 is 0 Å². The van der Waals surface area contributed by atoms with Crippen LogP contribution >= 0.6 is 0 Å². The fourth-order valence-corrected chi connectivity index (χ4v) is 5.24. The van der Waals surface area contributed by atoms with E-state index in [1.165, 1.54) is 44.4 Å². The van der Waals surface area contributed by atoms with Crippen molar-refractivity contribution in [1.29, 1.82) is 0 Å². The molecular formula is C24H26F6N6. The van der Waals surface area contributed by atoms with Crippen molar-refractivity contribution < 1.29 is 26.3 Å². The first-order valence-electron chi connectivity index (χ1n) is 12.1. The number of aromatic nitrogens is 4. The minimum Gasteiger partial charge on any atom is -0.298 e. The Bertz CT molecular complexity index is 1210. The van der Waals surface area contributed by atoms with Gasteiger partial charge in [0.1, 0.15) is 5.69 Å². The summed E-state index contributed by atoms with van der Waals surface area (Å²) in [5, 5.41) is 7.97. The number of benzene rings is 1. The number of pyridine rings is 1. The molecule has 1 saturated carbocycles. The Morgan fingerprint density at radius 3 is 2.28 bits per heavy atom. The SMILES string of the molecule is FC(F)(F)c1cc(-n2cc(CN3CCN(C4CCCCC4)CC3)nn2)c2cccc(C(F)(F)F)c2n1. The third-order valence-corrected chi connectivity index (χ3v) is 7.08. The Morgan fingerprint density at radius 2 is 1.61 bits per heavy atom. The van der Waals surface area contributed by atoms with Crippen molar-refractivity contribution in [3.05, 3.63) is 47.4 Å². The van der Waals surface area contributed by atoms with Crippen molar-refractivity contribution in [3.8, 4) is 5.69 Å². The lowest BCUT2D eigenvalue weighted by Crippen LogP contribution is -2.50. The molecule has 1 aliphatic heterocycles. The molecule has 1 aliphatic carbocycles. The zero-order valence-corrected chi connectivity index (χ0v) is 19.5. The molecule has 3 heterocycles. The molecule has 5 rings (SSSR count). The van der Waals surface area contributed by atoms with E-state index < -0.39 is 29.1 Å². The van der Waals surface area contributed by atoms with Crippen LogP contribution in [0.5, 0.6) is 0 Å². The van der Waals surface area contributed by atoms with Crippen LogP contribution in [-0.4, -0.2) is 62.0 Å². The molecule has 12 heteroatoms. The summed E-state index contributed by atoms with van der Waals surface area (Å²) in [6.07, 6.45) is -1.97. The van der Waals surface area contributed by atoms with Gasteiger partial charge in [-0.25, -0.2) is 9.67 Å². The van der Waals surface area contributed by atoms with Gasteiger partial charge in [-0.3, -0.25) is 9.80 Å². The van der Waals surface area contributed by atoms with Gasteiger partial charge in [-0.15, -0.1) is 5.10 Å². The molecule has 0 spiro atoms. The average Bonchev–Trinajstić information content (AvgIpc) is 3.31. The van der Waals surface area contributed by atoms with Crippen molar-refractivity contribution in [2.24, 2.45) is 0 Å². The summed E-state index contributed by atoms with van der Waals surface area (Å²) in [5.41, 5.74) is -3.04. The Labute approximate surface area is 203 Å². The molecule has 0 radical (unpaired) electrons. The maximum atomic E-state index is 13.5. The Balaban J connectivity index is 1.39. The number of rotatable bonds is 4. The van der Waals surface area contributed by atoms with Gasteiger partial charge in [0.05, 0.1) is 28.7 Å². The standard InChI is InChI=1S/C24H26F6N6/c25-23(26,27)19-8-4-7-18-20(13-21(24(28,29)30)31-22(18)19)36-15-16(32-33-36)14-34-9-11-35(12-10-34)17-5-2-1-3-6-17/h4,7-8,13,15,17H,1-3,5-6,9-12,14H2. The van der Waals surface area contributed by atoms with Crippen LogP contribution in [0.4, 0.5) is 26.3 Å². The van der Waals surface area contributed by atoms with Crippen molar-refractivity contribution in [3.63, 3.8) is 0 Å². The highest BCUT2D eigenvalue weighted by atomic mass is 19.4. The van der Waals surface area contributed by atoms with Crippen LogP contribution in [0.3, 0.4) is 0 Å². The van der Waals surface area contributed by atoms with E-state index in [0.717, 1.165) is 43.0 Å². The molecule has 1 aromatic carbocycles. The quantitative estimate of drug-likeness (QED) is 0.444. The molecule has 2 aliphatic rings. The molecule has 6 nitrogen and oxygen atoms in total. The van der Waals surface area contributed by atoms with Crippen LogP contribution in [0.1, 0.15) is 49.1 Å². The second-order valence-corrected chi connectivity index (χ2v) is 9.48. The van der Waals surface area contributed by atoms with E-state index in [4.69, 9.17) is 0 Å². The topological polar surface area (TPSA) is 50.1 Å². The highest BCUT2D eigenvalue weighted by Gasteiger charge is 2.37. The van der Waals surface area contributed by atoms with Gasteiger partial charge in [0.25, 0.3) is 0 Å². The molecule has 0 unspecified atom stereocenters. The Morgan fingerprint density at radius 1 is 0.889 bits per heavy atom. The van der Waals surface area contributed by atoms with Crippen LogP contribution in [0.25, 0.3) is 16.6 Å². The summed E-state index contributed by atoms with van der Waals surface area (Å²) in [6, 6.07) is 4.53. The zero-order chi connectivity index (χ0) is 25.5. The number of hydrogen-bond acceptors (Lipinski definition) is 5. The Hall–Kier alpha value is -2.73. The van der Waals surface area contributed by atoms with E-state index in [-0.39, 0.29) is 11.1 Å². The molecule has 36 heavy (non-hydrogen) atoms. The highest BCUT2D eigenvalue weighted by Crippen LogP contribution is 2.38. The molecule has 194 valence electrons. The number of halogens is 6. The summed E-state index contributed by atoms with van der Waals surface area (Å²) in [4.78, 5) is 8.07. The average molecular weight is 513 g/mol. The smallest absolute Gasteiger partial charge is 0.298 e. The first-order valence-corrected chi connectivity index (χ1v) is 12.1. The fraction of sp³-hybridized carbons (Fsp3) is 0.542. The highest BCUT2D eigenvalue weighted by molar-refractivity contribution is 5.90. The number of piperazine rings is 1. The van der Waals surface area contributed by atoms with Crippen molar-refractivity contribution in [2.75, 3.05) is 26.2 Å². The second-order valence-electron chi connectivity index (χ2n) is 9.48. The largest absolute Gasteiger partial charge is 0.433 e. The maximum Gasteiger partial charge on any atom is 0.433 e. The molecule has 0 bridgehead atoms. The Kier molecular flexibility index (Phi) is 6.67. The molecular weight excluding hydrogens is 486 g/mol. The normalized spacial score (nSPS) is 19.3. The summed E-state index contributed by atoms with van der Waals surface area (Å²) < 4.78 is 82.2. The van der Waals surface area contributed by atoms with Crippen molar-refractivity contribution in [1.82, 2.24) is 29.8 Å². The molecule has 2 fully saturated rings. The molecule has 3 aromatic rings. The van der Waals surface area contributed by atoms with Gasteiger partial charge in [-0.05, 0) is 25.0 Å². The maximum absolute atomic E-state index is 13.5. The molecule has 0 amide bonds. The van der Waals surface area contributed by atoms with Gasteiger partial charge in [0.15, 0.2) is 0 Å². The lowest BCUT2D eigenvalue weighted by molar-refractivity contribution is -0.142. The van der Waals surface area contributed by atoms with Crippen molar-refractivity contribution >= 4 is 10.9 Å². The van der Waals surface area contributed by atoms with E-state index in [9.17, 15) is 26.3 Å². The van der Waals surface area contributed by atoms with Gasteiger partial charge in [0.2, 0.25) is 0 Å². The first kappa shape index (κ1) is 24.9. The first-order chi connectivity index (χ1) is 17.1. The number of fused-ring (bicyclic) bond motifs is 1. The fourth-order valence-electron chi connectivity index (χ4n) is 5.24. The zero-order valence-electron chi connectivity index (χ0n) is 19.5. The lowest BCUT2D eigenvalue weighted by atomic mass is 9.94. The predicted octanol–water partition coefficient (Wildman–Crippen LogP) is 5.30. The second kappa shape index (κ2) is 9.62. The van der Waals surface area contributed by atoms with Gasteiger partial charge >= 0.3 is 12.4 Å². The van der Waals surface area contributed by atoms with Gasteiger partial charge in [-0.1, -0.05) is 36.6 Å². The number of nitrogens with zero attached hydrogens (tertiary/aromatic N) is 6. The third kappa shape index (κ3) is 5.19. The summed E-state index contributed by atoms with van der Waals surface area (Å²) in [6.45, 7) is 4.04. The van der Waals surface area contributed by atoms with Crippen LogP contribution < -0.4 is 0 Å². The van der Waals surface area contributed by atoms with Gasteiger partial charge in [-0.2, -0.15) is 26.3 Å². The summed E-state index contributed by atoms with van der Waals surface area (Å²) >= 11 is 0. The predicted molar refractivity (Wildman–Crippen MR) is 120 cm³/mol. The third-order valence-electron chi connectivity index (χ3n) is 7.08. The van der Waals surface area contributed by atoms with Gasteiger partial charge < -0.3 is 0 Å². The summed E-state index contributed by atoms with van der Waals surface area (Å²) in [5.74, 6) is 0. The van der Waals surface area contributed by atoms with Crippen LogP contribution in [-0.2, 0) is 18.9 Å². The summed E-state index contributed by atoms with van der Waals surface area (Å²) in [7, 11) is 0. The minimum atomic E-state index is -4.93. The molecule has 0 atom stereocenters. The molecule has 2 aromatic heterocycles. The lowest BCUT2D eigenvalue weighted by Gasteiger charge is -2.40. The van der Waals surface area contributed by atoms with Gasteiger partial charge in [0, 0.05) is 44.2 Å². The molecule has 1 saturated heterocycles.